The molecule has 0 radical (unpaired) electrons. The predicted octanol–water partition coefficient (Wildman–Crippen LogP) is 2.06. The first-order valence-electron chi connectivity index (χ1n) is 7.28. The molecular weight excluding hydrogens is 238 g/mol. The molecule has 3 heterocycles. The Morgan fingerprint density at radius 2 is 2.26 bits per heavy atom. The van der Waals surface area contributed by atoms with Crippen molar-refractivity contribution in [1.82, 2.24) is 10.3 Å². The second kappa shape index (κ2) is 5.37. The van der Waals surface area contributed by atoms with Crippen molar-refractivity contribution in [3.05, 3.63) is 18.3 Å². The highest BCUT2D eigenvalue weighted by Crippen LogP contribution is 2.38. The monoisotopic (exact) mass is 261 g/mol. The minimum absolute atomic E-state index is 0.443. The standard InChI is InChI=1S/C15H23N3O/c1-19-13-5-2-9-17-14(13)18-10-4-7-15(12-18)6-3-8-16-11-15/h2,5,9,16H,3-4,6-8,10-12H2,1H3. The fourth-order valence-electron chi connectivity index (χ4n) is 3.55. The van der Waals surface area contributed by atoms with Crippen LogP contribution in [0.25, 0.3) is 0 Å². The maximum atomic E-state index is 5.45. The third-order valence-electron chi connectivity index (χ3n) is 4.49. The van der Waals surface area contributed by atoms with Crippen molar-refractivity contribution >= 4 is 5.82 Å². The number of pyridine rings is 1. The second-order valence-electron chi connectivity index (χ2n) is 5.83. The van der Waals surface area contributed by atoms with Crippen molar-refractivity contribution in [2.24, 2.45) is 5.41 Å². The third-order valence-corrected chi connectivity index (χ3v) is 4.49. The molecule has 2 fully saturated rings. The molecule has 0 saturated carbocycles. The molecule has 1 atom stereocenters. The van der Waals surface area contributed by atoms with Crippen LogP contribution < -0.4 is 15.0 Å². The van der Waals surface area contributed by atoms with E-state index in [4.69, 9.17) is 4.74 Å². The molecule has 2 aliphatic rings. The maximum Gasteiger partial charge on any atom is 0.171 e. The van der Waals surface area contributed by atoms with Crippen LogP contribution >= 0.6 is 0 Å². The van der Waals surface area contributed by atoms with Gasteiger partial charge in [0.1, 0.15) is 0 Å². The molecule has 4 heteroatoms. The van der Waals surface area contributed by atoms with E-state index < -0.39 is 0 Å². The van der Waals surface area contributed by atoms with Gasteiger partial charge in [-0.15, -0.1) is 0 Å². The molecule has 104 valence electrons. The van der Waals surface area contributed by atoms with Crippen LogP contribution in [0.1, 0.15) is 25.7 Å². The number of anilines is 1. The van der Waals surface area contributed by atoms with Gasteiger partial charge in [-0.05, 0) is 44.4 Å². The molecule has 19 heavy (non-hydrogen) atoms. The minimum atomic E-state index is 0.443. The zero-order valence-corrected chi connectivity index (χ0v) is 11.7. The molecule has 0 bridgehead atoms. The lowest BCUT2D eigenvalue weighted by Gasteiger charge is -2.46. The van der Waals surface area contributed by atoms with Crippen molar-refractivity contribution in [1.29, 1.82) is 0 Å². The molecule has 2 saturated heterocycles. The molecule has 1 spiro atoms. The highest BCUT2D eigenvalue weighted by Gasteiger charge is 2.37. The topological polar surface area (TPSA) is 37.4 Å². The smallest absolute Gasteiger partial charge is 0.171 e. The number of methoxy groups -OCH3 is 1. The summed E-state index contributed by atoms with van der Waals surface area (Å²) < 4.78 is 5.45. The molecule has 1 unspecified atom stereocenters. The van der Waals surface area contributed by atoms with Gasteiger partial charge in [-0.3, -0.25) is 0 Å². The molecule has 1 N–H and O–H groups in total. The predicted molar refractivity (Wildman–Crippen MR) is 76.8 cm³/mol. The number of aromatic nitrogens is 1. The Morgan fingerprint density at radius 3 is 3.05 bits per heavy atom. The van der Waals surface area contributed by atoms with Gasteiger partial charge in [0, 0.05) is 31.2 Å². The number of hydrogen-bond acceptors (Lipinski definition) is 4. The van der Waals surface area contributed by atoms with Crippen molar-refractivity contribution < 1.29 is 4.74 Å². The maximum absolute atomic E-state index is 5.45. The summed E-state index contributed by atoms with van der Waals surface area (Å²) in [6.45, 7) is 4.52. The number of ether oxygens (including phenoxy) is 1. The van der Waals surface area contributed by atoms with Crippen LogP contribution in [-0.2, 0) is 0 Å². The van der Waals surface area contributed by atoms with E-state index in [1.165, 1.54) is 32.2 Å². The minimum Gasteiger partial charge on any atom is -0.493 e. The number of nitrogens with zero attached hydrogens (tertiary/aromatic N) is 2. The van der Waals surface area contributed by atoms with Crippen LogP contribution in [0.4, 0.5) is 5.82 Å². The summed E-state index contributed by atoms with van der Waals surface area (Å²) in [5.41, 5.74) is 0.443. The molecule has 0 aromatic carbocycles. The van der Waals surface area contributed by atoms with Gasteiger partial charge in [-0.2, -0.15) is 0 Å². The van der Waals surface area contributed by atoms with E-state index >= 15 is 0 Å². The van der Waals surface area contributed by atoms with E-state index in [1.807, 2.05) is 18.3 Å². The van der Waals surface area contributed by atoms with Crippen LogP contribution in [0, 0.1) is 5.41 Å². The van der Waals surface area contributed by atoms with Crippen molar-refractivity contribution in [3.8, 4) is 5.75 Å². The SMILES string of the molecule is COc1cccnc1N1CCCC2(CCCNC2)C1. The van der Waals surface area contributed by atoms with Crippen LogP contribution in [0.15, 0.2) is 18.3 Å². The van der Waals surface area contributed by atoms with E-state index in [0.717, 1.165) is 31.2 Å². The Labute approximate surface area is 115 Å². The average Bonchev–Trinajstić information content (AvgIpc) is 2.48. The summed E-state index contributed by atoms with van der Waals surface area (Å²) in [6, 6.07) is 3.94. The Hall–Kier alpha value is -1.29. The molecular formula is C15H23N3O. The number of hydrogen-bond donors (Lipinski definition) is 1. The zero-order valence-electron chi connectivity index (χ0n) is 11.7. The van der Waals surface area contributed by atoms with E-state index in [9.17, 15) is 0 Å². The van der Waals surface area contributed by atoms with E-state index in [0.29, 0.717) is 5.41 Å². The normalized spacial score (nSPS) is 27.5. The first-order chi connectivity index (χ1) is 9.33. The van der Waals surface area contributed by atoms with E-state index in [1.54, 1.807) is 7.11 Å². The zero-order chi connectivity index (χ0) is 13.1. The summed E-state index contributed by atoms with van der Waals surface area (Å²) >= 11 is 0. The molecule has 4 nitrogen and oxygen atoms in total. The van der Waals surface area contributed by atoms with Gasteiger partial charge in [0.25, 0.3) is 0 Å². The van der Waals surface area contributed by atoms with Crippen LogP contribution in [0.2, 0.25) is 0 Å². The first-order valence-corrected chi connectivity index (χ1v) is 7.28. The van der Waals surface area contributed by atoms with Crippen molar-refractivity contribution in [2.45, 2.75) is 25.7 Å². The Kier molecular flexibility index (Phi) is 3.60. The summed E-state index contributed by atoms with van der Waals surface area (Å²) in [5.74, 6) is 1.90. The van der Waals surface area contributed by atoms with Crippen molar-refractivity contribution in [3.63, 3.8) is 0 Å². The molecule has 2 aliphatic heterocycles. The average molecular weight is 261 g/mol. The molecule has 1 aromatic rings. The van der Waals surface area contributed by atoms with Crippen LogP contribution in [-0.4, -0.2) is 38.3 Å². The van der Waals surface area contributed by atoms with Gasteiger partial charge in [-0.25, -0.2) is 4.98 Å². The van der Waals surface area contributed by atoms with Gasteiger partial charge < -0.3 is 15.0 Å². The fraction of sp³-hybridized carbons (Fsp3) is 0.667. The summed E-state index contributed by atoms with van der Waals surface area (Å²) in [5, 5.41) is 3.57. The Morgan fingerprint density at radius 1 is 1.37 bits per heavy atom. The Bertz CT molecular complexity index is 424. The highest BCUT2D eigenvalue weighted by atomic mass is 16.5. The highest BCUT2D eigenvalue weighted by molar-refractivity contribution is 5.52. The van der Waals surface area contributed by atoms with E-state index in [2.05, 4.69) is 15.2 Å². The van der Waals surface area contributed by atoms with Crippen LogP contribution in [0.3, 0.4) is 0 Å². The van der Waals surface area contributed by atoms with Gasteiger partial charge in [0.05, 0.1) is 7.11 Å². The molecule has 0 aliphatic carbocycles. The summed E-state index contributed by atoms with van der Waals surface area (Å²) in [6.07, 6.45) is 7.09. The third kappa shape index (κ3) is 2.54. The van der Waals surface area contributed by atoms with Gasteiger partial charge >= 0.3 is 0 Å². The summed E-state index contributed by atoms with van der Waals surface area (Å²) in [7, 11) is 1.72. The Balaban J connectivity index is 1.81. The largest absolute Gasteiger partial charge is 0.493 e. The van der Waals surface area contributed by atoms with Gasteiger partial charge in [0.2, 0.25) is 0 Å². The lowest BCUT2D eigenvalue weighted by Crippen LogP contribution is -2.51. The molecule has 1 aromatic heterocycles. The van der Waals surface area contributed by atoms with Crippen LogP contribution in [0.5, 0.6) is 5.75 Å². The van der Waals surface area contributed by atoms with E-state index in [-0.39, 0.29) is 0 Å². The number of nitrogens with one attached hydrogen (secondary N) is 1. The van der Waals surface area contributed by atoms with Crippen molar-refractivity contribution in [2.75, 3.05) is 38.2 Å². The molecule has 0 amide bonds. The van der Waals surface area contributed by atoms with Gasteiger partial charge in [0.15, 0.2) is 11.6 Å². The number of piperidine rings is 2. The number of rotatable bonds is 2. The lowest BCUT2D eigenvalue weighted by atomic mass is 9.74. The van der Waals surface area contributed by atoms with Gasteiger partial charge in [-0.1, -0.05) is 0 Å². The summed E-state index contributed by atoms with van der Waals surface area (Å²) in [4.78, 5) is 6.94. The second-order valence-corrected chi connectivity index (χ2v) is 5.83. The quantitative estimate of drug-likeness (QED) is 0.884. The fourth-order valence-corrected chi connectivity index (χ4v) is 3.55. The molecule has 3 rings (SSSR count). The lowest BCUT2D eigenvalue weighted by molar-refractivity contribution is 0.172. The first kappa shape index (κ1) is 12.7.